The van der Waals surface area contributed by atoms with Crippen LogP contribution >= 0.6 is 11.6 Å². The van der Waals surface area contributed by atoms with Crippen LogP contribution in [0.25, 0.3) is 10.9 Å². The average molecular weight is 414 g/mol. The van der Waals surface area contributed by atoms with Crippen molar-refractivity contribution >= 4 is 28.3 Å². The Hall–Kier alpha value is -1.50. The molecule has 0 radical (unpaired) electrons. The van der Waals surface area contributed by atoms with E-state index in [-0.39, 0.29) is 37.9 Å². The summed E-state index contributed by atoms with van der Waals surface area (Å²) in [5, 5.41) is 1.25. The van der Waals surface area contributed by atoms with Crippen LogP contribution < -0.4 is 0 Å². The van der Waals surface area contributed by atoms with Crippen LogP contribution in [0, 0.1) is 0 Å². The molecule has 0 aliphatic heterocycles. The number of hydrogen-bond acceptors (Lipinski definition) is 3. The monoisotopic (exact) mass is 413 g/mol. The van der Waals surface area contributed by atoms with Gasteiger partial charge >= 0.3 is 0 Å². The van der Waals surface area contributed by atoms with E-state index in [9.17, 15) is 13.6 Å². The van der Waals surface area contributed by atoms with E-state index in [0.717, 1.165) is 10.9 Å². The molecule has 1 heterocycles. The van der Waals surface area contributed by atoms with Gasteiger partial charge in [-0.1, -0.05) is 17.7 Å². The first kappa shape index (κ1) is 21.2. The van der Waals surface area contributed by atoms with E-state index < -0.39 is 11.5 Å². The van der Waals surface area contributed by atoms with E-state index in [1.165, 1.54) is 0 Å². The number of Topliss-reactive ketones (excluding diaryl/α,β-unsaturated/α-hetero) is 1. The Morgan fingerprint density at radius 3 is 2.57 bits per heavy atom. The summed E-state index contributed by atoms with van der Waals surface area (Å²) < 4.78 is 39.8. The number of carbonyl (C=O) groups is 1. The molecule has 1 aliphatic carbocycles. The number of nitrogens with zero attached hydrogens (tertiary/aromatic N) is 1. The molecule has 4 nitrogen and oxygen atoms in total. The molecule has 1 aromatic heterocycles. The Morgan fingerprint density at radius 2 is 1.93 bits per heavy atom. The summed E-state index contributed by atoms with van der Waals surface area (Å²) in [5.74, 6) is -2.68. The van der Waals surface area contributed by atoms with Gasteiger partial charge in [0.2, 0.25) is 5.92 Å². The fourth-order valence-electron chi connectivity index (χ4n) is 4.00. The molecule has 0 bridgehead atoms. The molecule has 1 aliphatic rings. The number of halogens is 3. The van der Waals surface area contributed by atoms with Crippen molar-refractivity contribution in [2.45, 2.75) is 56.6 Å². The first-order valence-electron chi connectivity index (χ1n) is 9.53. The van der Waals surface area contributed by atoms with Crippen LogP contribution in [0.5, 0.6) is 0 Å². The lowest BCUT2D eigenvalue weighted by Crippen LogP contribution is -2.40. The highest BCUT2D eigenvalue weighted by atomic mass is 35.5. The SMILES string of the molecule is COCCn1cc(C(=O)CCC2(OC)CCC(F)(F)CC2)c2c(Cl)cccc21. The van der Waals surface area contributed by atoms with Gasteiger partial charge in [0.1, 0.15) is 0 Å². The molecule has 3 rings (SSSR count). The van der Waals surface area contributed by atoms with Gasteiger partial charge in [0.05, 0.1) is 22.7 Å². The van der Waals surface area contributed by atoms with Gasteiger partial charge in [-0.3, -0.25) is 4.79 Å². The number of rotatable bonds is 8. The van der Waals surface area contributed by atoms with Crippen LogP contribution in [-0.2, 0) is 16.0 Å². The maximum absolute atomic E-state index is 13.5. The summed E-state index contributed by atoms with van der Waals surface area (Å²) in [6.45, 7) is 1.13. The first-order chi connectivity index (χ1) is 13.3. The molecule has 28 heavy (non-hydrogen) atoms. The van der Waals surface area contributed by atoms with Gasteiger partial charge in [-0.15, -0.1) is 0 Å². The summed E-state index contributed by atoms with van der Waals surface area (Å²) in [5.41, 5.74) is 0.783. The minimum Gasteiger partial charge on any atom is -0.383 e. The molecule has 1 aromatic carbocycles. The second-order valence-electron chi connectivity index (χ2n) is 7.53. The van der Waals surface area contributed by atoms with Gasteiger partial charge in [-0.2, -0.15) is 0 Å². The van der Waals surface area contributed by atoms with E-state index in [1.54, 1.807) is 20.3 Å². The standard InChI is InChI=1S/C21H26ClF2NO3/c1-27-13-12-25-14-15(19-16(22)4-3-5-17(19)25)18(26)6-7-20(28-2)8-10-21(23,24)11-9-20/h3-5,14H,6-13H2,1-2H3. The van der Waals surface area contributed by atoms with Gasteiger partial charge in [0.15, 0.2) is 5.78 Å². The second kappa shape index (κ2) is 8.47. The number of methoxy groups -OCH3 is 2. The van der Waals surface area contributed by atoms with Crippen molar-refractivity contribution in [1.82, 2.24) is 4.57 Å². The highest BCUT2D eigenvalue weighted by Gasteiger charge is 2.43. The molecule has 0 saturated heterocycles. The molecule has 154 valence electrons. The Balaban J connectivity index is 1.80. The lowest BCUT2D eigenvalue weighted by molar-refractivity contribution is -0.121. The number of benzene rings is 1. The highest BCUT2D eigenvalue weighted by Crippen LogP contribution is 2.42. The van der Waals surface area contributed by atoms with Crippen molar-refractivity contribution < 1.29 is 23.0 Å². The van der Waals surface area contributed by atoms with E-state index in [4.69, 9.17) is 21.1 Å². The molecule has 1 fully saturated rings. The Bertz CT molecular complexity index is 840. The van der Waals surface area contributed by atoms with Gasteiger partial charge in [-0.05, 0) is 31.4 Å². The molecular formula is C21H26ClF2NO3. The van der Waals surface area contributed by atoms with E-state index >= 15 is 0 Å². The van der Waals surface area contributed by atoms with Crippen molar-refractivity contribution in [3.8, 4) is 0 Å². The third kappa shape index (κ3) is 4.39. The van der Waals surface area contributed by atoms with Crippen LogP contribution in [0.2, 0.25) is 5.02 Å². The summed E-state index contributed by atoms with van der Waals surface area (Å²) in [6, 6.07) is 5.54. The lowest BCUT2D eigenvalue weighted by atomic mass is 9.79. The van der Waals surface area contributed by atoms with Gasteiger partial charge in [0.25, 0.3) is 0 Å². The van der Waals surface area contributed by atoms with Gasteiger partial charge < -0.3 is 14.0 Å². The van der Waals surface area contributed by atoms with Crippen molar-refractivity contribution in [3.05, 3.63) is 35.0 Å². The predicted octanol–water partition coefficient (Wildman–Crippen LogP) is 5.50. The van der Waals surface area contributed by atoms with Crippen LogP contribution in [-0.4, -0.2) is 42.7 Å². The smallest absolute Gasteiger partial charge is 0.248 e. The summed E-state index contributed by atoms with van der Waals surface area (Å²) in [4.78, 5) is 13.0. The zero-order chi connectivity index (χ0) is 20.4. The van der Waals surface area contributed by atoms with E-state index in [1.807, 2.05) is 22.9 Å². The van der Waals surface area contributed by atoms with Gasteiger partial charge in [0, 0.05) is 57.2 Å². The maximum Gasteiger partial charge on any atom is 0.248 e. The van der Waals surface area contributed by atoms with Crippen molar-refractivity contribution in [2.75, 3.05) is 20.8 Å². The zero-order valence-electron chi connectivity index (χ0n) is 16.3. The summed E-state index contributed by atoms with van der Waals surface area (Å²) in [6.07, 6.45) is 2.60. The molecule has 0 spiro atoms. The van der Waals surface area contributed by atoms with Crippen LogP contribution in [0.3, 0.4) is 0 Å². The molecule has 0 atom stereocenters. The zero-order valence-corrected chi connectivity index (χ0v) is 17.0. The Labute approximate surface area is 168 Å². The quantitative estimate of drug-likeness (QED) is 0.536. The molecule has 0 amide bonds. The first-order valence-corrected chi connectivity index (χ1v) is 9.91. The van der Waals surface area contributed by atoms with Crippen LogP contribution in [0.4, 0.5) is 8.78 Å². The molecule has 7 heteroatoms. The average Bonchev–Trinajstić information content (AvgIpc) is 3.06. The molecule has 2 aromatic rings. The van der Waals surface area contributed by atoms with E-state index in [0.29, 0.717) is 30.2 Å². The largest absolute Gasteiger partial charge is 0.383 e. The minimum atomic E-state index is -2.63. The number of fused-ring (bicyclic) bond motifs is 1. The Morgan fingerprint density at radius 1 is 1.21 bits per heavy atom. The molecular weight excluding hydrogens is 388 g/mol. The number of alkyl halides is 2. The fraction of sp³-hybridized carbons (Fsp3) is 0.571. The van der Waals surface area contributed by atoms with Crippen molar-refractivity contribution in [3.63, 3.8) is 0 Å². The lowest BCUT2D eigenvalue weighted by Gasteiger charge is -2.39. The number of hydrogen-bond donors (Lipinski definition) is 0. The number of carbonyl (C=O) groups excluding carboxylic acids is 1. The number of aromatic nitrogens is 1. The van der Waals surface area contributed by atoms with Gasteiger partial charge in [-0.25, -0.2) is 8.78 Å². The molecule has 0 unspecified atom stereocenters. The predicted molar refractivity (Wildman–Crippen MR) is 106 cm³/mol. The topological polar surface area (TPSA) is 40.5 Å². The minimum absolute atomic E-state index is 0.0528. The highest BCUT2D eigenvalue weighted by molar-refractivity contribution is 6.37. The summed E-state index contributed by atoms with van der Waals surface area (Å²) >= 11 is 6.38. The normalized spacial score (nSPS) is 18.5. The van der Waals surface area contributed by atoms with Crippen LogP contribution in [0.15, 0.2) is 24.4 Å². The number of ether oxygens (including phenoxy) is 2. The van der Waals surface area contributed by atoms with Crippen molar-refractivity contribution in [1.29, 1.82) is 0 Å². The maximum atomic E-state index is 13.5. The molecule has 1 saturated carbocycles. The second-order valence-corrected chi connectivity index (χ2v) is 7.94. The fourth-order valence-corrected chi connectivity index (χ4v) is 4.27. The van der Waals surface area contributed by atoms with E-state index in [2.05, 4.69) is 0 Å². The Kier molecular flexibility index (Phi) is 6.42. The third-order valence-corrected chi connectivity index (χ3v) is 6.14. The van der Waals surface area contributed by atoms with Crippen molar-refractivity contribution in [2.24, 2.45) is 0 Å². The van der Waals surface area contributed by atoms with Crippen LogP contribution in [0.1, 0.15) is 48.9 Å². The summed E-state index contributed by atoms with van der Waals surface area (Å²) in [7, 11) is 3.17. The third-order valence-electron chi connectivity index (χ3n) is 5.83. The molecule has 0 N–H and O–H groups in total. The number of ketones is 1.